The van der Waals surface area contributed by atoms with Gasteiger partial charge in [0.25, 0.3) is 5.91 Å². The van der Waals surface area contributed by atoms with Crippen LogP contribution in [-0.4, -0.2) is 10.9 Å². The van der Waals surface area contributed by atoms with Gasteiger partial charge in [-0.3, -0.25) is 10.1 Å². The molecule has 0 bridgehead atoms. The number of carbonyl (C=O) groups is 1. The Morgan fingerprint density at radius 3 is 2.65 bits per heavy atom. The van der Waals surface area contributed by atoms with Crippen LogP contribution in [0.25, 0.3) is 16.3 Å². The van der Waals surface area contributed by atoms with E-state index in [0.29, 0.717) is 10.2 Å². The molecule has 0 fully saturated rings. The highest BCUT2D eigenvalue weighted by atomic mass is 35.5. The molecule has 0 radical (unpaired) electrons. The smallest absolute Gasteiger partial charge is 0.268 e. The average Bonchev–Trinajstić information content (AvgIpc) is 2.96. The summed E-state index contributed by atoms with van der Waals surface area (Å²) < 4.78 is 0.975. The van der Waals surface area contributed by atoms with Crippen LogP contribution in [0.3, 0.4) is 0 Å². The number of carbonyl (C=O) groups excluding carboxylic acids is 1. The van der Waals surface area contributed by atoms with Gasteiger partial charge in [0.2, 0.25) is 0 Å². The topological polar surface area (TPSA) is 65.8 Å². The molecule has 0 saturated carbocycles. The lowest BCUT2D eigenvalue weighted by Crippen LogP contribution is -2.13. The SMILES string of the molecule is N#C/C(=C\c1ccc(Cl)cc1)C(=O)Nc1nc2ccccc2s1. The molecule has 0 unspecified atom stereocenters. The van der Waals surface area contributed by atoms with Gasteiger partial charge in [-0.05, 0) is 35.9 Å². The Kier molecular flexibility index (Phi) is 4.38. The number of hydrogen-bond donors (Lipinski definition) is 1. The van der Waals surface area contributed by atoms with E-state index in [-0.39, 0.29) is 5.57 Å². The van der Waals surface area contributed by atoms with Gasteiger partial charge in [0.05, 0.1) is 10.2 Å². The van der Waals surface area contributed by atoms with Gasteiger partial charge in [-0.25, -0.2) is 4.98 Å². The van der Waals surface area contributed by atoms with Crippen molar-refractivity contribution in [1.29, 1.82) is 5.26 Å². The van der Waals surface area contributed by atoms with Crippen molar-refractivity contribution < 1.29 is 4.79 Å². The van der Waals surface area contributed by atoms with Crippen LogP contribution in [0.5, 0.6) is 0 Å². The molecule has 0 aliphatic heterocycles. The average molecular weight is 340 g/mol. The van der Waals surface area contributed by atoms with Crippen LogP contribution in [0.4, 0.5) is 5.13 Å². The van der Waals surface area contributed by atoms with Crippen molar-refractivity contribution in [2.45, 2.75) is 0 Å². The van der Waals surface area contributed by atoms with Crippen LogP contribution < -0.4 is 5.32 Å². The fraction of sp³-hybridized carbons (Fsp3) is 0. The Morgan fingerprint density at radius 2 is 1.96 bits per heavy atom. The van der Waals surface area contributed by atoms with Gasteiger partial charge in [-0.15, -0.1) is 0 Å². The van der Waals surface area contributed by atoms with Gasteiger partial charge < -0.3 is 0 Å². The maximum absolute atomic E-state index is 12.2. The van der Waals surface area contributed by atoms with Crippen molar-refractivity contribution in [3.8, 4) is 6.07 Å². The largest absolute Gasteiger partial charge is 0.297 e. The first kappa shape index (κ1) is 15.2. The van der Waals surface area contributed by atoms with Crippen molar-refractivity contribution in [3.05, 3.63) is 64.7 Å². The van der Waals surface area contributed by atoms with Crippen LogP contribution in [0, 0.1) is 11.3 Å². The lowest BCUT2D eigenvalue weighted by Gasteiger charge is -2.00. The molecule has 0 spiro atoms. The van der Waals surface area contributed by atoms with E-state index in [4.69, 9.17) is 11.6 Å². The van der Waals surface area contributed by atoms with Crippen LogP contribution in [0.15, 0.2) is 54.1 Å². The van der Waals surface area contributed by atoms with Gasteiger partial charge in [0.1, 0.15) is 11.6 Å². The lowest BCUT2D eigenvalue weighted by molar-refractivity contribution is -0.112. The molecule has 1 heterocycles. The van der Waals surface area contributed by atoms with Crippen molar-refractivity contribution in [1.82, 2.24) is 4.98 Å². The standard InChI is InChI=1S/C17H10ClN3OS/c18-13-7-5-11(6-8-13)9-12(10-19)16(22)21-17-20-14-3-1-2-4-15(14)23-17/h1-9H,(H,20,21,22)/b12-9+. The van der Waals surface area contributed by atoms with Crippen molar-refractivity contribution >= 4 is 50.3 Å². The third-order valence-electron chi connectivity index (χ3n) is 3.06. The molecule has 6 heteroatoms. The van der Waals surface area contributed by atoms with E-state index >= 15 is 0 Å². The van der Waals surface area contributed by atoms with Gasteiger partial charge in [-0.2, -0.15) is 5.26 Å². The number of para-hydroxylation sites is 1. The molecule has 0 atom stereocenters. The van der Waals surface area contributed by atoms with E-state index in [0.717, 1.165) is 15.8 Å². The van der Waals surface area contributed by atoms with Gasteiger partial charge >= 0.3 is 0 Å². The number of hydrogen-bond acceptors (Lipinski definition) is 4. The van der Waals surface area contributed by atoms with Gasteiger partial charge in [0, 0.05) is 5.02 Å². The summed E-state index contributed by atoms with van der Waals surface area (Å²) in [5, 5.41) is 12.9. The fourth-order valence-corrected chi connectivity index (χ4v) is 2.95. The van der Waals surface area contributed by atoms with E-state index in [1.807, 2.05) is 30.3 Å². The highest BCUT2D eigenvalue weighted by Crippen LogP contribution is 2.25. The summed E-state index contributed by atoms with van der Waals surface area (Å²) in [6, 6.07) is 16.4. The molecule has 112 valence electrons. The number of nitriles is 1. The second-order valence-electron chi connectivity index (χ2n) is 4.66. The molecule has 1 amide bonds. The summed E-state index contributed by atoms with van der Waals surface area (Å²) >= 11 is 7.18. The number of anilines is 1. The van der Waals surface area contributed by atoms with E-state index < -0.39 is 5.91 Å². The fourth-order valence-electron chi connectivity index (χ4n) is 1.96. The number of fused-ring (bicyclic) bond motifs is 1. The van der Waals surface area contributed by atoms with Crippen molar-refractivity contribution in [2.75, 3.05) is 5.32 Å². The first-order chi connectivity index (χ1) is 11.2. The normalized spacial score (nSPS) is 11.2. The zero-order chi connectivity index (χ0) is 16.2. The number of nitrogens with one attached hydrogen (secondary N) is 1. The maximum atomic E-state index is 12.2. The third kappa shape index (κ3) is 3.57. The molecule has 0 aliphatic carbocycles. The first-order valence-corrected chi connectivity index (χ1v) is 7.89. The van der Waals surface area contributed by atoms with E-state index in [1.54, 1.807) is 24.3 Å². The van der Waals surface area contributed by atoms with Crippen LogP contribution in [0.1, 0.15) is 5.56 Å². The van der Waals surface area contributed by atoms with Gasteiger partial charge in [-0.1, -0.05) is 47.2 Å². The highest BCUT2D eigenvalue weighted by Gasteiger charge is 2.12. The Hall–Kier alpha value is -2.68. The highest BCUT2D eigenvalue weighted by molar-refractivity contribution is 7.22. The summed E-state index contributed by atoms with van der Waals surface area (Å²) in [4.78, 5) is 16.6. The number of nitrogens with zero attached hydrogens (tertiary/aromatic N) is 2. The number of benzene rings is 2. The molecule has 1 aromatic heterocycles. The van der Waals surface area contributed by atoms with Crippen LogP contribution >= 0.6 is 22.9 Å². The summed E-state index contributed by atoms with van der Waals surface area (Å²) in [7, 11) is 0. The Labute approximate surface area is 141 Å². The third-order valence-corrected chi connectivity index (χ3v) is 4.26. The molecular weight excluding hydrogens is 330 g/mol. The minimum atomic E-state index is -0.485. The molecule has 0 saturated heterocycles. The van der Waals surface area contributed by atoms with E-state index in [2.05, 4.69) is 10.3 Å². The van der Waals surface area contributed by atoms with Gasteiger partial charge in [0.15, 0.2) is 5.13 Å². The molecule has 1 N–H and O–H groups in total. The summed E-state index contributed by atoms with van der Waals surface area (Å²) in [6.45, 7) is 0. The molecule has 3 rings (SSSR count). The van der Waals surface area contributed by atoms with Crippen LogP contribution in [-0.2, 0) is 4.79 Å². The summed E-state index contributed by atoms with van der Waals surface area (Å²) in [5.41, 5.74) is 1.55. The number of aromatic nitrogens is 1. The Bertz CT molecular complexity index is 905. The maximum Gasteiger partial charge on any atom is 0.268 e. The zero-order valence-electron chi connectivity index (χ0n) is 11.8. The zero-order valence-corrected chi connectivity index (χ0v) is 13.4. The van der Waals surface area contributed by atoms with E-state index in [1.165, 1.54) is 17.4 Å². The first-order valence-electron chi connectivity index (χ1n) is 6.70. The molecule has 4 nitrogen and oxygen atoms in total. The number of amides is 1. The molecule has 2 aromatic carbocycles. The molecule has 3 aromatic rings. The Morgan fingerprint density at radius 1 is 1.22 bits per heavy atom. The van der Waals surface area contributed by atoms with Crippen molar-refractivity contribution in [3.63, 3.8) is 0 Å². The van der Waals surface area contributed by atoms with Crippen molar-refractivity contribution in [2.24, 2.45) is 0 Å². The Balaban J connectivity index is 1.82. The second-order valence-corrected chi connectivity index (χ2v) is 6.13. The number of thiazole rings is 1. The van der Waals surface area contributed by atoms with Crippen LogP contribution in [0.2, 0.25) is 5.02 Å². The lowest BCUT2D eigenvalue weighted by atomic mass is 10.1. The predicted molar refractivity (Wildman–Crippen MR) is 93.3 cm³/mol. The summed E-state index contributed by atoms with van der Waals surface area (Å²) in [6.07, 6.45) is 1.51. The second kappa shape index (κ2) is 6.61. The minimum absolute atomic E-state index is 0.00609. The van der Waals surface area contributed by atoms with E-state index in [9.17, 15) is 10.1 Å². The summed E-state index contributed by atoms with van der Waals surface area (Å²) in [5.74, 6) is -0.485. The monoisotopic (exact) mass is 339 g/mol. The predicted octanol–water partition coefficient (Wildman–Crippen LogP) is 4.50. The number of halogens is 1. The quantitative estimate of drug-likeness (QED) is 0.564. The number of rotatable bonds is 3. The molecule has 0 aliphatic rings. The minimum Gasteiger partial charge on any atom is -0.297 e. The molecular formula is C17H10ClN3OS. The molecule has 23 heavy (non-hydrogen) atoms.